The maximum absolute atomic E-state index is 11.7. The lowest BCUT2D eigenvalue weighted by Gasteiger charge is -2.32. The van der Waals surface area contributed by atoms with Crippen molar-refractivity contribution in [2.24, 2.45) is 0 Å². The minimum atomic E-state index is -4.20. The lowest BCUT2D eigenvalue weighted by Crippen LogP contribution is -2.56. The van der Waals surface area contributed by atoms with Crippen molar-refractivity contribution in [3.63, 3.8) is 0 Å². The van der Waals surface area contributed by atoms with Crippen molar-refractivity contribution in [3.05, 3.63) is 0 Å². The first-order valence-corrected chi connectivity index (χ1v) is 7.47. The van der Waals surface area contributed by atoms with E-state index in [0.29, 0.717) is 0 Å². The van der Waals surface area contributed by atoms with Gasteiger partial charge in [-0.2, -0.15) is 0 Å². The Morgan fingerprint density at radius 3 is 2.85 bits per heavy atom. The molecule has 0 radical (unpaired) electrons. The molecule has 3 saturated heterocycles. The van der Waals surface area contributed by atoms with Gasteiger partial charge in [0.2, 0.25) is 5.91 Å². The molecule has 3 heterocycles. The van der Waals surface area contributed by atoms with Crippen molar-refractivity contribution in [2.75, 3.05) is 13.2 Å². The average Bonchev–Trinajstić information content (AvgIpc) is 2.66. The van der Waals surface area contributed by atoms with Gasteiger partial charge in [-0.25, -0.2) is 9.36 Å². The molecule has 3 aliphatic rings. The van der Waals surface area contributed by atoms with Gasteiger partial charge in [0.05, 0.1) is 6.61 Å². The molecule has 11 heteroatoms. The highest BCUT2D eigenvalue weighted by molar-refractivity contribution is 7.47. The molecule has 20 heavy (non-hydrogen) atoms. The zero-order chi connectivity index (χ0) is 14.5. The van der Waals surface area contributed by atoms with Crippen molar-refractivity contribution < 1.29 is 37.9 Å². The first-order chi connectivity index (χ1) is 9.37. The van der Waals surface area contributed by atoms with E-state index >= 15 is 0 Å². The zero-order valence-electron chi connectivity index (χ0n) is 10.2. The number of imide groups is 1. The molecule has 0 bridgehead atoms. The van der Waals surface area contributed by atoms with Crippen molar-refractivity contribution >= 4 is 19.8 Å². The number of rotatable bonds is 1. The molecular weight excluding hydrogens is 295 g/mol. The Bertz CT molecular complexity index is 498. The van der Waals surface area contributed by atoms with Gasteiger partial charge in [0.15, 0.2) is 6.23 Å². The molecule has 3 fully saturated rings. The predicted octanol–water partition coefficient (Wildman–Crippen LogP) is -1.47. The summed E-state index contributed by atoms with van der Waals surface area (Å²) in [5.74, 6) is -0.407. The third-order valence-corrected chi connectivity index (χ3v) is 4.35. The number of nitrogens with one attached hydrogen (secondary N) is 1. The Balaban J connectivity index is 1.75. The second kappa shape index (κ2) is 4.76. The Morgan fingerprint density at radius 2 is 2.15 bits per heavy atom. The third kappa shape index (κ3) is 2.34. The molecule has 0 aromatic rings. The topological polar surface area (TPSA) is 135 Å². The minimum Gasteiger partial charge on any atom is -0.386 e. The summed E-state index contributed by atoms with van der Waals surface area (Å²) < 4.78 is 26.1. The molecule has 3 amide bonds. The van der Waals surface area contributed by atoms with Crippen molar-refractivity contribution in [2.45, 2.75) is 31.0 Å². The molecule has 0 spiro atoms. The number of fused-ring (bicyclic) bond motifs is 1. The summed E-state index contributed by atoms with van der Waals surface area (Å²) in [7, 11) is -4.20. The highest BCUT2D eigenvalue weighted by Gasteiger charge is 2.54. The van der Waals surface area contributed by atoms with Gasteiger partial charge in [0.25, 0.3) is 0 Å². The molecule has 10 nitrogen and oxygen atoms in total. The molecule has 112 valence electrons. The van der Waals surface area contributed by atoms with E-state index < -0.39 is 44.3 Å². The standard InChI is InChI=1S/C9H13N2O8P/c12-5-1-2-11(9(14)10-5)8-6(13)7-4(18-8)3-17-20(15,16)19-7/h4,6-8,13H,1-3H2,(H,15,16)(H,10,12,14). The lowest BCUT2D eigenvalue weighted by atomic mass is 10.1. The molecular formula is C9H13N2O8P. The van der Waals surface area contributed by atoms with Crippen LogP contribution in [0.15, 0.2) is 0 Å². The number of aliphatic hydroxyl groups excluding tert-OH is 1. The second-order valence-electron chi connectivity index (χ2n) is 4.69. The van der Waals surface area contributed by atoms with Gasteiger partial charge >= 0.3 is 13.9 Å². The fourth-order valence-corrected chi connectivity index (χ4v) is 3.38. The molecule has 5 unspecified atom stereocenters. The Labute approximate surface area is 113 Å². The first-order valence-electron chi connectivity index (χ1n) is 5.97. The summed E-state index contributed by atoms with van der Waals surface area (Å²) in [5, 5.41) is 12.2. The molecule has 3 N–H and O–H groups in total. The van der Waals surface area contributed by atoms with Crippen LogP contribution in [0.4, 0.5) is 4.79 Å². The van der Waals surface area contributed by atoms with Gasteiger partial charge in [-0.1, -0.05) is 0 Å². The van der Waals surface area contributed by atoms with Gasteiger partial charge in [0.1, 0.15) is 18.3 Å². The van der Waals surface area contributed by atoms with E-state index in [1.807, 2.05) is 0 Å². The van der Waals surface area contributed by atoms with Gasteiger partial charge < -0.3 is 14.7 Å². The zero-order valence-corrected chi connectivity index (χ0v) is 11.1. The number of amides is 3. The maximum atomic E-state index is 11.7. The van der Waals surface area contributed by atoms with Crippen molar-refractivity contribution in [1.82, 2.24) is 10.2 Å². The number of phosphoric ester groups is 1. The average molecular weight is 308 g/mol. The summed E-state index contributed by atoms with van der Waals surface area (Å²) in [5.41, 5.74) is 0. The van der Waals surface area contributed by atoms with E-state index in [2.05, 4.69) is 9.84 Å². The summed E-state index contributed by atoms with van der Waals surface area (Å²) in [6.45, 7) is -0.135. The first kappa shape index (κ1) is 13.9. The largest absolute Gasteiger partial charge is 0.472 e. The number of ether oxygens (including phenoxy) is 1. The number of phosphoric acid groups is 1. The fourth-order valence-electron chi connectivity index (χ4n) is 2.41. The van der Waals surface area contributed by atoms with Gasteiger partial charge in [-0.3, -0.25) is 24.1 Å². The third-order valence-electron chi connectivity index (χ3n) is 3.36. The van der Waals surface area contributed by atoms with Gasteiger partial charge in [-0.15, -0.1) is 0 Å². The summed E-state index contributed by atoms with van der Waals surface area (Å²) in [4.78, 5) is 33.2. The Morgan fingerprint density at radius 1 is 1.40 bits per heavy atom. The van der Waals surface area contributed by atoms with E-state index in [0.717, 1.165) is 4.90 Å². The maximum Gasteiger partial charge on any atom is 0.472 e. The molecule has 0 aliphatic carbocycles. The smallest absolute Gasteiger partial charge is 0.386 e. The van der Waals surface area contributed by atoms with Crippen LogP contribution in [0.25, 0.3) is 0 Å². The van der Waals surface area contributed by atoms with E-state index in [4.69, 9.17) is 9.26 Å². The van der Waals surface area contributed by atoms with Crippen LogP contribution in [0.2, 0.25) is 0 Å². The van der Waals surface area contributed by atoms with Crippen LogP contribution in [0.1, 0.15) is 6.42 Å². The van der Waals surface area contributed by atoms with Crippen LogP contribution in [0.5, 0.6) is 0 Å². The molecule has 0 saturated carbocycles. The van der Waals surface area contributed by atoms with E-state index in [1.165, 1.54) is 0 Å². The summed E-state index contributed by atoms with van der Waals surface area (Å²) in [6, 6.07) is -0.683. The quantitative estimate of drug-likeness (QED) is 0.500. The summed E-state index contributed by atoms with van der Waals surface area (Å²) >= 11 is 0. The fraction of sp³-hybridized carbons (Fsp3) is 0.778. The Hall–Kier alpha value is -1.03. The van der Waals surface area contributed by atoms with Crippen LogP contribution in [0, 0.1) is 0 Å². The number of nitrogens with zero attached hydrogens (tertiary/aromatic N) is 1. The van der Waals surface area contributed by atoms with Crippen molar-refractivity contribution in [1.29, 1.82) is 0 Å². The number of aliphatic hydroxyl groups is 1. The van der Waals surface area contributed by atoms with Gasteiger partial charge in [-0.05, 0) is 0 Å². The molecule has 3 rings (SSSR count). The monoisotopic (exact) mass is 308 g/mol. The normalized spacial score (nSPS) is 45.2. The van der Waals surface area contributed by atoms with Crippen LogP contribution in [-0.4, -0.2) is 64.5 Å². The van der Waals surface area contributed by atoms with Crippen LogP contribution >= 0.6 is 7.82 Å². The SMILES string of the molecule is O=C1CCN(C2OC3COP(=O)(O)OC3C2O)C(=O)N1. The van der Waals surface area contributed by atoms with E-state index in [9.17, 15) is 24.2 Å². The van der Waals surface area contributed by atoms with Crippen molar-refractivity contribution in [3.8, 4) is 0 Å². The number of carbonyl (C=O) groups is 2. The number of urea groups is 1. The van der Waals surface area contributed by atoms with Crippen LogP contribution in [0.3, 0.4) is 0 Å². The van der Waals surface area contributed by atoms with Gasteiger partial charge in [0, 0.05) is 13.0 Å². The molecule has 3 aliphatic heterocycles. The second-order valence-corrected chi connectivity index (χ2v) is 6.09. The lowest BCUT2D eigenvalue weighted by molar-refractivity contribution is -0.125. The highest BCUT2D eigenvalue weighted by atomic mass is 31.2. The number of carbonyl (C=O) groups excluding carboxylic acids is 2. The number of hydrogen-bond acceptors (Lipinski definition) is 7. The van der Waals surface area contributed by atoms with E-state index in [1.54, 1.807) is 0 Å². The Kier molecular flexibility index (Phi) is 3.32. The molecule has 5 atom stereocenters. The van der Waals surface area contributed by atoms with Crippen LogP contribution < -0.4 is 5.32 Å². The molecule has 0 aromatic heterocycles. The predicted molar refractivity (Wildman–Crippen MR) is 60.2 cm³/mol. The van der Waals surface area contributed by atoms with Crippen LogP contribution in [-0.2, 0) is 23.1 Å². The minimum absolute atomic E-state index is 0.0868. The molecule has 0 aromatic carbocycles. The summed E-state index contributed by atoms with van der Waals surface area (Å²) in [6.07, 6.45) is -4.09. The van der Waals surface area contributed by atoms with E-state index in [-0.39, 0.29) is 19.6 Å². The highest BCUT2D eigenvalue weighted by Crippen LogP contribution is 2.51. The number of hydrogen-bond donors (Lipinski definition) is 3.